The van der Waals surface area contributed by atoms with Crippen LogP contribution in [0.5, 0.6) is 5.75 Å². The predicted octanol–water partition coefficient (Wildman–Crippen LogP) is 2.95. The summed E-state index contributed by atoms with van der Waals surface area (Å²) in [6.07, 6.45) is 0. The molecule has 3 aromatic rings. The maximum atomic E-state index is 5.27. The number of nitrogens with zero attached hydrogens (tertiary/aromatic N) is 4. The quantitative estimate of drug-likeness (QED) is 0.672. The number of nitrogens with one attached hydrogen (secondary N) is 1. The highest BCUT2D eigenvalue weighted by Gasteiger charge is 2.10. The van der Waals surface area contributed by atoms with Gasteiger partial charge in [0.25, 0.3) is 0 Å². The van der Waals surface area contributed by atoms with E-state index in [0.29, 0.717) is 5.16 Å². The molecule has 2 aromatic heterocycles. The highest BCUT2D eigenvalue weighted by atomic mass is 32.2. The van der Waals surface area contributed by atoms with Crippen molar-refractivity contribution in [1.82, 2.24) is 25.1 Å². The molecule has 7 heteroatoms. The van der Waals surface area contributed by atoms with Gasteiger partial charge in [-0.05, 0) is 31.3 Å². The number of hydrogen-bond donors (Lipinski definition) is 1. The molecule has 2 heterocycles. The van der Waals surface area contributed by atoms with Crippen molar-refractivity contribution in [3.8, 4) is 5.75 Å². The van der Waals surface area contributed by atoms with Crippen LogP contribution in [0, 0.1) is 0 Å². The van der Waals surface area contributed by atoms with Crippen molar-refractivity contribution in [2.24, 2.45) is 0 Å². The van der Waals surface area contributed by atoms with Gasteiger partial charge in [-0.3, -0.25) is 0 Å². The van der Waals surface area contributed by atoms with Gasteiger partial charge in [0.2, 0.25) is 5.16 Å². The van der Waals surface area contributed by atoms with Gasteiger partial charge in [0.1, 0.15) is 11.3 Å². The Hall–Kier alpha value is -1.86. The molecule has 3 rings (SSSR count). The number of hydrogen-bond acceptors (Lipinski definition) is 6. The number of fused-ring (bicyclic) bond motifs is 3. The minimum atomic E-state index is 0.711. The number of methoxy groups -OCH3 is 1. The molecule has 0 amide bonds. The molecule has 0 fully saturated rings. The average Bonchev–Trinajstić information content (AvgIpc) is 2.95. The minimum absolute atomic E-state index is 0.711. The molecule has 0 aliphatic carbocycles. The SMILES string of the molecule is CCN(CC)CCSc1nnc2c(n1)[nH]c1ccc(OC)cc12. The maximum absolute atomic E-state index is 5.27. The number of aromatic nitrogens is 4. The smallest absolute Gasteiger partial charge is 0.211 e. The number of H-pyrrole nitrogens is 1. The Balaban J connectivity index is 1.80. The van der Waals surface area contributed by atoms with Gasteiger partial charge in [-0.1, -0.05) is 25.6 Å². The lowest BCUT2D eigenvalue weighted by Crippen LogP contribution is -2.25. The van der Waals surface area contributed by atoms with Gasteiger partial charge in [0.05, 0.1) is 7.11 Å². The van der Waals surface area contributed by atoms with Crippen molar-refractivity contribution < 1.29 is 4.74 Å². The van der Waals surface area contributed by atoms with Gasteiger partial charge in [-0.2, -0.15) is 0 Å². The monoisotopic (exact) mass is 331 g/mol. The fourth-order valence-electron chi connectivity index (χ4n) is 2.53. The summed E-state index contributed by atoms with van der Waals surface area (Å²) in [6, 6.07) is 5.85. The van der Waals surface area contributed by atoms with E-state index in [1.165, 1.54) is 0 Å². The average molecular weight is 331 g/mol. The van der Waals surface area contributed by atoms with Crippen LogP contribution in [0.3, 0.4) is 0 Å². The molecule has 0 radical (unpaired) electrons. The molecule has 0 bridgehead atoms. The fourth-order valence-corrected chi connectivity index (χ4v) is 3.32. The zero-order valence-electron chi connectivity index (χ0n) is 13.7. The van der Waals surface area contributed by atoms with Crippen molar-refractivity contribution in [2.75, 3.05) is 32.5 Å². The third-order valence-electron chi connectivity index (χ3n) is 3.94. The molecule has 1 N–H and O–H groups in total. The van der Waals surface area contributed by atoms with E-state index in [9.17, 15) is 0 Å². The summed E-state index contributed by atoms with van der Waals surface area (Å²) in [7, 11) is 1.66. The second-order valence-corrected chi connectivity index (χ2v) is 6.27. The molecular formula is C16H21N5OS. The van der Waals surface area contributed by atoms with Crippen LogP contribution in [0.15, 0.2) is 23.4 Å². The molecule has 0 aliphatic heterocycles. The molecule has 0 unspecified atom stereocenters. The van der Waals surface area contributed by atoms with E-state index in [4.69, 9.17) is 4.74 Å². The predicted molar refractivity (Wildman–Crippen MR) is 94.3 cm³/mol. The van der Waals surface area contributed by atoms with Gasteiger partial charge in [0, 0.05) is 23.2 Å². The lowest BCUT2D eigenvalue weighted by molar-refractivity contribution is 0.324. The van der Waals surface area contributed by atoms with E-state index in [-0.39, 0.29) is 0 Å². The van der Waals surface area contributed by atoms with Crippen LogP contribution in [0.25, 0.3) is 22.1 Å². The highest BCUT2D eigenvalue weighted by Crippen LogP contribution is 2.27. The van der Waals surface area contributed by atoms with Crippen molar-refractivity contribution in [1.29, 1.82) is 0 Å². The van der Waals surface area contributed by atoms with Crippen LogP contribution < -0.4 is 4.74 Å². The number of rotatable bonds is 7. The molecule has 0 saturated carbocycles. The van der Waals surface area contributed by atoms with Gasteiger partial charge >= 0.3 is 0 Å². The van der Waals surface area contributed by atoms with E-state index in [1.54, 1.807) is 18.9 Å². The second-order valence-electron chi connectivity index (χ2n) is 5.20. The molecule has 23 heavy (non-hydrogen) atoms. The summed E-state index contributed by atoms with van der Waals surface area (Å²) in [6.45, 7) is 7.52. The summed E-state index contributed by atoms with van der Waals surface area (Å²) in [5, 5.41) is 10.3. The third kappa shape index (κ3) is 3.40. The standard InChI is InChI=1S/C16H21N5OS/c1-4-21(5-2)8-9-23-16-18-15-14(19-20-16)12-10-11(22-3)6-7-13(12)17-15/h6-7,10H,4-5,8-9H2,1-3H3,(H,17,18,20). The van der Waals surface area contributed by atoms with E-state index in [1.807, 2.05) is 18.2 Å². The third-order valence-corrected chi connectivity index (χ3v) is 4.75. The van der Waals surface area contributed by atoms with Crippen molar-refractivity contribution in [3.05, 3.63) is 18.2 Å². The van der Waals surface area contributed by atoms with E-state index < -0.39 is 0 Å². The van der Waals surface area contributed by atoms with Crippen molar-refractivity contribution in [3.63, 3.8) is 0 Å². The van der Waals surface area contributed by atoms with Crippen molar-refractivity contribution >= 4 is 33.8 Å². The minimum Gasteiger partial charge on any atom is -0.497 e. The summed E-state index contributed by atoms with van der Waals surface area (Å²) in [5.41, 5.74) is 2.55. The molecule has 122 valence electrons. The number of thioether (sulfide) groups is 1. The van der Waals surface area contributed by atoms with Crippen LogP contribution >= 0.6 is 11.8 Å². The Morgan fingerprint density at radius 1 is 1.22 bits per heavy atom. The molecule has 1 aromatic carbocycles. The molecule has 0 aliphatic rings. The lowest BCUT2D eigenvalue weighted by atomic mass is 10.2. The first-order valence-electron chi connectivity index (χ1n) is 7.80. The fraction of sp³-hybridized carbons (Fsp3) is 0.438. The summed E-state index contributed by atoms with van der Waals surface area (Å²) >= 11 is 1.64. The van der Waals surface area contributed by atoms with Crippen LogP contribution in [0.1, 0.15) is 13.8 Å². The van der Waals surface area contributed by atoms with Crippen LogP contribution in [0.4, 0.5) is 0 Å². The Morgan fingerprint density at radius 2 is 2.04 bits per heavy atom. The second kappa shape index (κ2) is 7.14. The highest BCUT2D eigenvalue weighted by molar-refractivity contribution is 7.99. The first-order chi connectivity index (χ1) is 11.2. The summed E-state index contributed by atoms with van der Waals surface area (Å²) < 4.78 is 5.27. The van der Waals surface area contributed by atoms with E-state index in [0.717, 1.165) is 53.2 Å². The number of aromatic amines is 1. The van der Waals surface area contributed by atoms with E-state index >= 15 is 0 Å². The van der Waals surface area contributed by atoms with Crippen LogP contribution in [-0.4, -0.2) is 57.6 Å². The lowest BCUT2D eigenvalue weighted by Gasteiger charge is -2.16. The summed E-state index contributed by atoms with van der Waals surface area (Å²) in [5.74, 6) is 1.76. The zero-order valence-corrected chi connectivity index (χ0v) is 14.5. The van der Waals surface area contributed by atoms with Gasteiger partial charge < -0.3 is 14.6 Å². The molecule has 0 spiro atoms. The number of benzene rings is 1. The largest absolute Gasteiger partial charge is 0.497 e. The van der Waals surface area contributed by atoms with Gasteiger partial charge in [-0.25, -0.2) is 4.98 Å². The first kappa shape index (κ1) is 16.0. The maximum Gasteiger partial charge on any atom is 0.211 e. The zero-order chi connectivity index (χ0) is 16.2. The van der Waals surface area contributed by atoms with Gasteiger partial charge in [-0.15, -0.1) is 10.2 Å². The molecular weight excluding hydrogens is 310 g/mol. The molecule has 6 nitrogen and oxygen atoms in total. The Morgan fingerprint density at radius 3 is 2.78 bits per heavy atom. The summed E-state index contributed by atoms with van der Waals surface area (Å²) in [4.78, 5) is 10.3. The van der Waals surface area contributed by atoms with Crippen molar-refractivity contribution in [2.45, 2.75) is 19.0 Å². The number of ether oxygens (including phenoxy) is 1. The Bertz CT molecular complexity index is 800. The molecule has 0 atom stereocenters. The normalized spacial score (nSPS) is 11.7. The Kier molecular flexibility index (Phi) is 4.97. The van der Waals surface area contributed by atoms with Gasteiger partial charge in [0.15, 0.2) is 5.65 Å². The van der Waals surface area contributed by atoms with Crippen LogP contribution in [0.2, 0.25) is 0 Å². The topological polar surface area (TPSA) is 66.9 Å². The Labute approximate surface area is 139 Å². The first-order valence-corrected chi connectivity index (χ1v) is 8.79. The van der Waals surface area contributed by atoms with Crippen LogP contribution in [-0.2, 0) is 0 Å². The molecule has 0 saturated heterocycles. The van der Waals surface area contributed by atoms with E-state index in [2.05, 4.69) is 38.9 Å².